The first-order valence-electron chi connectivity index (χ1n) is 6.46. The fourth-order valence-corrected chi connectivity index (χ4v) is 2.50. The van der Waals surface area contributed by atoms with Gasteiger partial charge in [-0.2, -0.15) is 5.26 Å². The fraction of sp³-hybridized carbons (Fsp3) is 0.267. The van der Waals surface area contributed by atoms with Crippen molar-refractivity contribution in [1.29, 1.82) is 5.26 Å². The number of nitriles is 1. The molecule has 1 aromatic carbocycles. The average Bonchev–Trinajstić information content (AvgIpc) is 2.48. The summed E-state index contributed by atoms with van der Waals surface area (Å²) in [7, 11) is 0. The minimum Gasteiger partial charge on any atom is -0.261 e. The third-order valence-corrected chi connectivity index (χ3v) is 3.50. The number of nitrogens with one attached hydrogen (secondary N) is 1. The second-order valence-corrected chi connectivity index (χ2v) is 4.72. The Morgan fingerprint density at radius 3 is 2.47 bits per heavy atom. The van der Waals surface area contributed by atoms with Crippen molar-refractivity contribution in [3.8, 4) is 17.3 Å². The van der Waals surface area contributed by atoms with Gasteiger partial charge in [0.2, 0.25) is 5.95 Å². The highest BCUT2D eigenvalue weighted by molar-refractivity contribution is 5.64. The van der Waals surface area contributed by atoms with E-state index in [-0.39, 0.29) is 0 Å². The molecule has 0 aliphatic heterocycles. The Balaban J connectivity index is 1.91. The number of hydrogen-bond donors (Lipinski definition) is 1. The molecule has 1 aliphatic rings. The minimum atomic E-state index is 0.337. The predicted octanol–water partition coefficient (Wildman–Crippen LogP) is 2.92. The molecular formula is C15H14N4. The first-order valence-corrected chi connectivity index (χ1v) is 6.46. The summed E-state index contributed by atoms with van der Waals surface area (Å²) >= 11 is 0. The van der Waals surface area contributed by atoms with Crippen LogP contribution in [0.3, 0.4) is 0 Å². The van der Waals surface area contributed by atoms with Crippen molar-refractivity contribution < 1.29 is 0 Å². The summed E-state index contributed by atoms with van der Waals surface area (Å²) in [6.45, 7) is 0. The number of fused-ring (bicyclic) bond motifs is 1. The summed E-state index contributed by atoms with van der Waals surface area (Å²) in [4.78, 5) is 8.22. The van der Waals surface area contributed by atoms with Crippen LogP contribution < -0.4 is 5.32 Å². The summed E-state index contributed by atoms with van der Waals surface area (Å²) in [6, 6.07) is 6.58. The number of aryl methyl sites for hydroxylation is 2. The maximum absolute atomic E-state index is 8.50. The Morgan fingerprint density at radius 2 is 1.74 bits per heavy atom. The second kappa shape index (κ2) is 5.07. The maximum atomic E-state index is 8.50. The molecular weight excluding hydrogens is 236 g/mol. The van der Waals surface area contributed by atoms with Crippen molar-refractivity contribution in [3.63, 3.8) is 0 Å². The van der Waals surface area contributed by atoms with E-state index >= 15 is 0 Å². The Bertz CT molecular complexity index is 626. The van der Waals surface area contributed by atoms with Gasteiger partial charge in [0.25, 0.3) is 0 Å². The van der Waals surface area contributed by atoms with Crippen LogP contribution in [0.25, 0.3) is 11.1 Å². The topological polar surface area (TPSA) is 61.6 Å². The Labute approximate surface area is 112 Å². The number of benzene rings is 1. The largest absolute Gasteiger partial charge is 0.261 e. The highest BCUT2D eigenvalue weighted by Crippen LogP contribution is 2.26. The van der Waals surface area contributed by atoms with Crippen molar-refractivity contribution in [2.24, 2.45) is 0 Å². The molecule has 4 heteroatoms. The molecule has 1 aliphatic carbocycles. The smallest absolute Gasteiger partial charge is 0.236 e. The Hall–Kier alpha value is -2.41. The van der Waals surface area contributed by atoms with Crippen LogP contribution in [0.1, 0.15) is 24.0 Å². The van der Waals surface area contributed by atoms with Gasteiger partial charge in [-0.15, -0.1) is 0 Å². The molecule has 0 fully saturated rings. The van der Waals surface area contributed by atoms with Crippen LogP contribution in [0.4, 0.5) is 5.95 Å². The van der Waals surface area contributed by atoms with E-state index in [4.69, 9.17) is 5.26 Å². The van der Waals surface area contributed by atoms with Gasteiger partial charge in [0, 0.05) is 18.0 Å². The molecule has 0 atom stereocenters. The van der Waals surface area contributed by atoms with Crippen molar-refractivity contribution in [1.82, 2.24) is 9.97 Å². The van der Waals surface area contributed by atoms with Crippen LogP contribution in [0, 0.1) is 11.5 Å². The van der Waals surface area contributed by atoms with Gasteiger partial charge in [-0.1, -0.05) is 18.2 Å². The maximum Gasteiger partial charge on any atom is 0.236 e. The molecule has 3 rings (SSSR count). The van der Waals surface area contributed by atoms with Crippen molar-refractivity contribution in [3.05, 3.63) is 41.7 Å². The molecule has 0 unspecified atom stereocenters. The lowest BCUT2D eigenvalue weighted by molar-refractivity contribution is 0.686. The molecule has 0 saturated carbocycles. The summed E-state index contributed by atoms with van der Waals surface area (Å²) in [5.41, 5.74) is 5.04. The molecule has 4 nitrogen and oxygen atoms in total. The lowest BCUT2D eigenvalue weighted by atomic mass is 9.89. The standard InChI is InChI=1S/C15H14N4/c16-10-19-15-17-8-14(9-18-15)13-6-5-11-3-1-2-4-12(11)7-13/h5-9H,1-4H2,(H,17,18,19). The predicted molar refractivity (Wildman–Crippen MR) is 73.3 cm³/mol. The van der Waals surface area contributed by atoms with Gasteiger partial charge in [0.15, 0.2) is 6.19 Å². The highest BCUT2D eigenvalue weighted by atomic mass is 15.1. The molecule has 0 amide bonds. The van der Waals surface area contributed by atoms with E-state index in [1.54, 1.807) is 12.4 Å². The number of hydrogen-bond acceptors (Lipinski definition) is 4. The van der Waals surface area contributed by atoms with Crippen molar-refractivity contribution in [2.75, 3.05) is 5.32 Å². The Morgan fingerprint density at radius 1 is 1.00 bits per heavy atom. The SMILES string of the molecule is N#CNc1ncc(-c2ccc3c(c2)CCCC3)cn1. The van der Waals surface area contributed by atoms with E-state index in [9.17, 15) is 0 Å². The van der Waals surface area contributed by atoms with Gasteiger partial charge in [0.1, 0.15) is 0 Å². The average molecular weight is 250 g/mol. The van der Waals surface area contributed by atoms with Gasteiger partial charge >= 0.3 is 0 Å². The molecule has 1 N–H and O–H groups in total. The first kappa shape index (κ1) is 11.7. The molecule has 0 bridgehead atoms. The minimum absolute atomic E-state index is 0.337. The van der Waals surface area contributed by atoms with Crippen molar-refractivity contribution >= 4 is 5.95 Å². The van der Waals surface area contributed by atoms with Gasteiger partial charge in [-0.05, 0) is 42.4 Å². The van der Waals surface area contributed by atoms with E-state index in [0.29, 0.717) is 5.95 Å². The number of nitrogens with zero attached hydrogens (tertiary/aromatic N) is 3. The quantitative estimate of drug-likeness (QED) is 0.657. The van der Waals surface area contributed by atoms with E-state index < -0.39 is 0 Å². The summed E-state index contributed by atoms with van der Waals surface area (Å²) in [6.07, 6.45) is 10.2. The van der Waals surface area contributed by atoms with Gasteiger partial charge in [0.05, 0.1) is 0 Å². The van der Waals surface area contributed by atoms with E-state index in [1.165, 1.54) is 30.4 Å². The molecule has 2 aromatic rings. The normalized spacial score (nSPS) is 13.4. The van der Waals surface area contributed by atoms with Crippen LogP contribution in [0.5, 0.6) is 0 Å². The lowest BCUT2D eigenvalue weighted by Crippen LogP contribution is -2.02. The zero-order valence-electron chi connectivity index (χ0n) is 10.6. The van der Waals surface area contributed by atoms with Gasteiger partial charge < -0.3 is 0 Å². The Kier molecular flexibility index (Phi) is 3.11. The van der Waals surface area contributed by atoms with Crippen LogP contribution in [0.2, 0.25) is 0 Å². The van der Waals surface area contributed by atoms with Crippen LogP contribution in [-0.2, 0) is 12.8 Å². The third kappa shape index (κ3) is 2.41. The first-order chi connectivity index (χ1) is 9.36. The van der Waals surface area contributed by atoms with Crippen LogP contribution in [0.15, 0.2) is 30.6 Å². The molecule has 1 aromatic heterocycles. The number of anilines is 1. The second-order valence-electron chi connectivity index (χ2n) is 4.72. The highest BCUT2D eigenvalue weighted by Gasteiger charge is 2.10. The van der Waals surface area contributed by atoms with Crippen LogP contribution >= 0.6 is 0 Å². The number of rotatable bonds is 2. The zero-order chi connectivity index (χ0) is 13.1. The molecule has 94 valence electrons. The van der Waals surface area contributed by atoms with Gasteiger partial charge in [-0.25, -0.2) is 9.97 Å². The van der Waals surface area contributed by atoms with E-state index in [2.05, 4.69) is 33.5 Å². The van der Waals surface area contributed by atoms with Crippen molar-refractivity contribution in [2.45, 2.75) is 25.7 Å². The zero-order valence-corrected chi connectivity index (χ0v) is 10.6. The molecule has 0 radical (unpaired) electrons. The molecule has 0 saturated heterocycles. The molecule has 0 spiro atoms. The molecule has 1 heterocycles. The van der Waals surface area contributed by atoms with E-state index in [1.807, 2.05) is 6.19 Å². The lowest BCUT2D eigenvalue weighted by Gasteiger charge is -2.16. The van der Waals surface area contributed by atoms with Crippen LogP contribution in [-0.4, -0.2) is 9.97 Å². The van der Waals surface area contributed by atoms with Gasteiger partial charge in [-0.3, -0.25) is 5.32 Å². The summed E-state index contributed by atoms with van der Waals surface area (Å²) in [5.74, 6) is 0.337. The summed E-state index contributed by atoms with van der Waals surface area (Å²) < 4.78 is 0. The number of aromatic nitrogens is 2. The fourth-order valence-electron chi connectivity index (χ4n) is 2.50. The third-order valence-electron chi connectivity index (χ3n) is 3.50. The molecule has 19 heavy (non-hydrogen) atoms. The summed E-state index contributed by atoms with van der Waals surface area (Å²) in [5, 5.41) is 10.9. The monoisotopic (exact) mass is 250 g/mol. The van der Waals surface area contributed by atoms with E-state index in [0.717, 1.165) is 17.5 Å².